The van der Waals surface area contributed by atoms with Crippen LogP contribution in [0.2, 0.25) is 0 Å². The first-order chi connectivity index (χ1) is 11.3. The highest BCUT2D eigenvalue weighted by Crippen LogP contribution is 2.30. The number of halogens is 3. The number of aromatic nitrogens is 1. The van der Waals surface area contributed by atoms with Crippen LogP contribution in [-0.4, -0.2) is 34.7 Å². The fourth-order valence-corrected chi connectivity index (χ4v) is 2.81. The van der Waals surface area contributed by atoms with Gasteiger partial charge in [-0.25, -0.2) is 4.98 Å². The Labute approximate surface area is 139 Å². The van der Waals surface area contributed by atoms with Crippen molar-refractivity contribution in [2.45, 2.75) is 19.0 Å². The van der Waals surface area contributed by atoms with E-state index in [2.05, 4.69) is 4.98 Å². The molecular weight excluding hydrogens is 345 g/mol. The lowest BCUT2D eigenvalue weighted by molar-refractivity contribution is -0.170. The normalized spacial score (nSPS) is 11.3. The van der Waals surface area contributed by atoms with Gasteiger partial charge in [-0.1, -0.05) is 30.3 Å². The smallest absolute Gasteiger partial charge is 0.471 e. The van der Waals surface area contributed by atoms with Crippen molar-refractivity contribution >= 4 is 28.3 Å². The molecule has 0 aliphatic rings. The van der Waals surface area contributed by atoms with Crippen LogP contribution in [0.3, 0.4) is 0 Å². The Morgan fingerprint density at radius 3 is 2.46 bits per heavy atom. The Morgan fingerprint density at radius 2 is 1.88 bits per heavy atom. The summed E-state index contributed by atoms with van der Waals surface area (Å²) in [6.07, 6.45) is -5.49. The monoisotopic (exact) mass is 358 g/mol. The molecular formula is C15H13F3N2O3S. The van der Waals surface area contributed by atoms with E-state index in [4.69, 9.17) is 5.11 Å². The van der Waals surface area contributed by atoms with Crippen LogP contribution in [0.15, 0.2) is 35.7 Å². The third-order valence-electron chi connectivity index (χ3n) is 3.05. The molecule has 0 bridgehead atoms. The van der Waals surface area contributed by atoms with Gasteiger partial charge in [-0.05, 0) is 6.42 Å². The van der Waals surface area contributed by atoms with Crippen molar-refractivity contribution in [1.82, 2.24) is 4.98 Å². The molecule has 1 heterocycles. The van der Waals surface area contributed by atoms with E-state index in [1.54, 1.807) is 35.7 Å². The molecule has 1 aromatic carbocycles. The minimum Gasteiger partial charge on any atom is -0.481 e. The highest BCUT2D eigenvalue weighted by Gasteiger charge is 2.43. The number of amides is 1. The van der Waals surface area contributed by atoms with Gasteiger partial charge in [-0.3, -0.25) is 14.5 Å². The number of anilines is 1. The number of rotatable bonds is 6. The molecule has 1 N–H and O–H groups in total. The zero-order valence-electron chi connectivity index (χ0n) is 12.3. The summed E-state index contributed by atoms with van der Waals surface area (Å²) in [4.78, 5) is 26.7. The highest BCUT2D eigenvalue weighted by atomic mass is 32.1. The van der Waals surface area contributed by atoms with Crippen LogP contribution in [0.5, 0.6) is 0 Å². The van der Waals surface area contributed by atoms with Gasteiger partial charge >= 0.3 is 18.1 Å². The van der Waals surface area contributed by atoms with E-state index in [1.807, 2.05) is 0 Å². The molecule has 24 heavy (non-hydrogen) atoms. The Morgan fingerprint density at radius 1 is 1.21 bits per heavy atom. The molecule has 2 rings (SSSR count). The topological polar surface area (TPSA) is 70.5 Å². The Balaban J connectivity index is 2.25. The van der Waals surface area contributed by atoms with E-state index in [0.717, 1.165) is 11.3 Å². The van der Waals surface area contributed by atoms with E-state index in [1.165, 1.54) is 0 Å². The zero-order valence-corrected chi connectivity index (χ0v) is 13.1. The molecule has 0 saturated carbocycles. The number of carbonyl (C=O) groups is 2. The lowest BCUT2D eigenvalue weighted by atomic mass is 10.2. The standard InChI is InChI=1S/C15H13F3N2O3S/c16-15(17,18)13(23)20(8-4-7-12(21)22)14-19-11(9-24-14)10-5-2-1-3-6-10/h1-3,5-6,9H,4,7-8H2,(H,21,22). The Bertz CT molecular complexity index is 716. The van der Waals surface area contributed by atoms with Crippen molar-refractivity contribution in [3.8, 4) is 11.3 Å². The van der Waals surface area contributed by atoms with Crippen LogP contribution < -0.4 is 4.90 Å². The van der Waals surface area contributed by atoms with E-state index >= 15 is 0 Å². The number of carbonyl (C=O) groups excluding carboxylic acids is 1. The fraction of sp³-hybridized carbons (Fsp3) is 0.267. The first kappa shape index (κ1) is 17.9. The van der Waals surface area contributed by atoms with Crippen molar-refractivity contribution in [3.63, 3.8) is 0 Å². The van der Waals surface area contributed by atoms with Gasteiger partial charge in [-0.15, -0.1) is 11.3 Å². The van der Waals surface area contributed by atoms with Gasteiger partial charge in [-0.2, -0.15) is 13.2 Å². The molecule has 0 aliphatic carbocycles. The van der Waals surface area contributed by atoms with Gasteiger partial charge in [0.15, 0.2) is 5.13 Å². The molecule has 128 valence electrons. The zero-order chi connectivity index (χ0) is 17.7. The van der Waals surface area contributed by atoms with Crippen LogP contribution in [0.1, 0.15) is 12.8 Å². The summed E-state index contributed by atoms with van der Waals surface area (Å²) < 4.78 is 38.3. The van der Waals surface area contributed by atoms with Crippen LogP contribution in [0.25, 0.3) is 11.3 Å². The van der Waals surface area contributed by atoms with Crippen molar-refractivity contribution in [3.05, 3.63) is 35.7 Å². The predicted octanol–water partition coefficient (Wildman–Crippen LogP) is 3.57. The van der Waals surface area contributed by atoms with Crippen molar-refractivity contribution in [2.24, 2.45) is 0 Å². The third-order valence-corrected chi connectivity index (χ3v) is 3.92. The number of carboxylic acids is 1. The van der Waals surface area contributed by atoms with Gasteiger partial charge in [0.1, 0.15) is 0 Å². The number of carboxylic acid groups (broad SMARTS) is 1. The summed E-state index contributed by atoms with van der Waals surface area (Å²) in [5.41, 5.74) is 1.17. The van der Waals surface area contributed by atoms with Gasteiger partial charge in [0.05, 0.1) is 5.69 Å². The molecule has 0 spiro atoms. The lowest BCUT2D eigenvalue weighted by Crippen LogP contribution is -2.42. The molecule has 9 heteroatoms. The van der Waals surface area contributed by atoms with Crippen LogP contribution in [-0.2, 0) is 9.59 Å². The summed E-state index contributed by atoms with van der Waals surface area (Å²) in [7, 11) is 0. The van der Waals surface area contributed by atoms with Gasteiger partial charge in [0.2, 0.25) is 0 Å². The summed E-state index contributed by atoms with van der Waals surface area (Å²) in [6.45, 7) is -0.369. The Hall–Kier alpha value is -2.42. The van der Waals surface area contributed by atoms with Gasteiger partial charge < -0.3 is 5.11 Å². The molecule has 1 aromatic heterocycles. The number of nitrogens with zero attached hydrogens (tertiary/aromatic N) is 2. The van der Waals surface area contributed by atoms with Crippen molar-refractivity contribution < 1.29 is 27.9 Å². The number of hydrogen-bond acceptors (Lipinski definition) is 4. The molecule has 0 saturated heterocycles. The number of benzene rings is 1. The van der Waals surface area contributed by atoms with E-state index in [-0.39, 0.29) is 24.5 Å². The maximum Gasteiger partial charge on any atom is 0.471 e. The molecule has 0 radical (unpaired) electrons. The summed E-state index contributed by atoms with van der Waals surface area (Å²) in [5.74, 6) is -3.19. The number of aliphatic carboxylic acids is 1. The maximum atomic E-state index is 12.8. The maximum absolute atomic E-state index is 12.8. The summed E-state index contributed by atoms with van der Waals surface area (Å²) in [6, 6.07) is 8.82. The largest absolute Gasteiger partial charge is 0.481 e. The van der Waals surface area contributed by atoms with Crippen LogP contribution >= 0.6 is 11.3 Å². The SMILES string of the molecule is O=C(O)CCCN(C(=O)C(F)(F)F)c1nc(-c2ccccc2)cs1. The van der Waals surface area contributed by atoms with Crippen LogP contribution in [0.4, 0.5) is 18.3 Å². The molecule has 1 amide bonds. The first-order valence-corrected chi connectivity index (χ1v) is 7.78. The second-order valence-corrected chi connectivity index (χ2v) is 5.67. The van der Waals surface area contributed by atoms with Crippen molar-refractivity contribution in [1.29, 1.82) is 0 Å². The molecule has 0 atom stereocenters. The van der Waals surface area contributed by atoms with E-state index < -0.39 is 18.1 Å². The van der Waals surface area contributed by atoms with E-state index in [0.29, 0.717) is 16.2 Å². The second-order valence-electron chi connectivity index (χ2n) is 4.83. The summed E-state index contributed by atoms with van der Waals surface area (Å²) in [5, 5.41) is 10.1. The summed E-state index contributed by atoms with van der Waals surface area (Å²) >= 11 is 0.902. The third kappa shape index (κ3) is 4.54. The molecule has 0 unspecified atom stereocenters. The average Bonchev–Trinajstić information content (AvgIpc) is 3.00. The Kier molecular flexibility index (Phi) is 5.55. The molecule has 5 nitrogen and oxygen atoms in total. The number of thiazole rings is 1. The highest BCUT2D eigenvalue weighted by molar-refractivity contribution is 7.14. The minimum absolute atomic E-state index is 0.0998. The van der Waals surface area contributed by atoms with E-state index in [9.17, 15) is 22.8 Å². The molecule has 2 aromatic rings. The van der Waals surface area contributed by atoms with Gasteiger partial charge in [0.25, 0.3) is 0 Å². The first-order valence-electron chi connectivity index (χ1n) is 6.90. The predicted molar refractivity (Wildman–Crippen MR) is 82.8 cm³/mol. The van der Waals surface area contributed by atoms with Crippen LogP contribution in [0, 0.1) is 0 Å². The average molecular weight is 358 g/mol. The minimum atomic E-state index is -5.05. The van der Waals surface area contributed by atoms with Crippen molar-refractivity contribution in [2.75, 3.05) is 11.4 Å². The molecule has 0 aliphatic heterocycles. The fourth-order valence-electron chi connectivity index (χ4n) is 1.96. The quantitative estimate of drug-likeness (QED) is 0.857. The molecule has 0 fully saturated rings. The lowest BCUT2D eigenvalue weighted by Gasteiger charge is -2.20. The number of alkyl halides is 3. The second kappa shape index (κ2) is 7.43. The number of hydrogen-bond donors (Lipinski definition) is 1. The van der Waals surface area contributed by atoms with Gasteiger partial charge in [0, 0.05) is 23.9 Å².